The fourth-order valence-electron chi connectivity index (χ4n) is 2.03. The maximum Gasteiger partial charge on any atom is 0.228 e. The zero-order valence-electron chi connectivity index (χ0n) is 14.8. The van der Waals surface area contributed by atoms with E-state index in [1.165, 1.54) is 11.8 Å². The highest BCUT2D eigenvalue weighted by Gasteiger charge is 2.14. The first kappa shape index (κ1) is 19.5. The number of nitrogens with zero attached hydrogens (tertiary/aromatic N) is 4. The highest BCUT2D eigenvalue weighted by atomic mass is 79.9. The Bertz CT molecular complexity index is 879. The van der Waals surface area contributed by atoms with Gasteiger partial charge in [-0.25, -0.2) is 19.9 Å². The number of hydrogen-bond donors (Lipinski definition) is 3. The molecular weight excluding hydrogens is 428 g/mol. The van der Waals surface area contributed by atoms with Crippen LogP contribution >= 0.6 is 27.7 Å². The zero-order chi connectivity index (χ0) is 19.2. The maximum absolute atomic E-state index is 9.70. The topological polar surface area (TPSA) is 95.9 Å². The summed E-state index contributed by atoms with van der Waals surface area (Å²) < 4.78 is 0.799. The molecule has 0 aliphatic carbocycles. The number of aliphatic hydroxyl groups is 1. The number of thioether (sulfide) groups is 1. The Labute approximate surface area is 170 Å². The molecule has 0 fully saturated rings. The third kappa shape index (κ3) is 5.62. The number of aromatic nitrogens is 4. The van der Waals surface area contributed by atoms with Crippen molar-refractivity contribution in [2.45, 2.75) is 30.2 Å². The number of hydrogen-bond acceptors (Lipinski definition) is 8. The van der Waals surface area contributed by atoms with Crippen molar-refractivity contribution in [1.82, 2.24) is 19.9 Å². The largest absolute Gasteiger partial charge is 0.392 e. The predicted molar refractivity (Wildman–Crippen MR) is 112 cm³/mol. The summed E-state index contributed by atoms with van der Waals surface area (Å²) in [6, 6.07) is 9.44. The lowest BCUT2D eigenvalue weighted by molar-refractivity contribution is 0.196. The van der Waals surface area contributed by atoms with Crippen molar-refractivity contribution >= 4 is 51.0 Å². The summed E-state index contributed by atoms with van der Waals surface area (Å²) in [6.45, 7) is 3.72. The molecule has 2 atom stereocenters. The van der Waals surface area contributed by atoms with E-state index in [0.717, 1.165) is 20.9 Å². The average molecular weight is 447 g/mol. The van der Waals surface area contributed by atoms with Crippen molar-refractivity contribution in [3.05, 3.63) is 53.4 Å². The molecule has 3 rings (SSSR count). The number of halogens is 1. The van der Waals surface area contributed by atoms with Crippen LogP contribution in [0.4, 0.5) is 23.3 Å². The van der Waals surface area contributed by atoms with E-state index in [4.69, 9.17) is 0 Å². The minimum absolute atomic E-state index is 0.0228. The second-order valence-corrected chi connectivity index (χ2v) is 8.03. The molecule has 27 heavy (non-hydrogen) atoms. The third-order valence-corrected chi connectivity index (χ3v) is 5.79. The Morgan fingerprint density at radius 2 is 1.56 bits per heavy atom. The van der Waals surface area contributed by atoms with Crippen molar-refractivity contribution in [2.75, 3.05) is 10.6 Å². The molecule has 140 valence electrons. The van der Waals surface area contributed by atoms with Crippen LogP contribution in [0.5, 0.6) is 0 Å². The van der Waals surface area contributed by atoms with Gasteiger partial charge in [-0.05, 0) is 53.2 Å². The molecule has 0 unspecified atom stereocenters. The maximum atomic E-state index is 9.70. The average Bonchev–Trinajstić information content (AvgIpc) is 2.67. The molecule has 0 amide bonds. The summed E-state index contributed by atoms with van der Waals surface area (Å²) in [7, 11) is 0. The van der Waals surface area contributed by atoms with Crippen LogP contribution < -0.4 is 10.6 Å². The summed E-state index contributed by atoms with van der Waals surface area (Å²) in [5.74, 6) is 1.04. The highest BCUT2D eigenvalue weighted by molar-refractivity contribution is 9.10. The van der Waals surface area contributed by atoms with Crippen LogP contribution in [0, 0.1) is 0 Å². The molecule has 2 aromatic heterocycles. The van der Waals surface area contributed by atoms with Gasteiger partial charge in [0.1, 0.15) is 5.03 Å². The van der Waals surface area contributed by atoms with Gasteiger partial charge in [-0.2, -0.15) is 0 Å². The summed E-state index contributed by atoms with van der Waals surface area (Å²) in [4.78, 5) is 17.1. The van der Waals surface area contributed by atoms with Gasteiger partial charge in [-0.15, -0.1) is 0 Å². The summed E-state index contributed by atoms with van der Waals surface area (Å²) in [5.41, 5.74) is 1.74. The number of rotatable bonds is 7. The molecule has 7 nitrogen and oxygen atoms in total. The minimum Gasteiger partial charge on any atom is -0.392 e. The van der Waals surface area contributed by atoms with Gasteiger partial charge < -0.3 is 15.7 Å². The molecule has 0 saturated carbocycles. The molecule has 1 aromatic carbocycles. The van der Waals surface area contributed by atoms with Crippen molar-refractivity contribution in [3.63, 3.8) is 0 Å². The molecule has 3 aromatic rings. The Morgan fingerprint density at radius 1 is 0.963 bits per heavy atom. The van der Waals surface area contributed by atoms with E-state index < -0.39 is 6.10 Å². The molecule has 3 N–H and O–H groups in total. The SMILES string of the molecule is C[C@@H](O)[C@@H](C)Sc1nc(Nc2ccc(Nc3ncccn3)cc2)ncc1Br. The molecule has 0 saturated heterocycles. The van der Waals surface area contributed by atoms with E-state index in [1.807, 2.05) is 31.2 Å². The minimum atomic E-state index is -0.429. The lowest BCUT2D eigenvalue weighted by Gasteiger charge is -2.15. The first-order valence-corrected chi connectivity index (χ1v) is 9.97. The van der Waals surface area contributed by atoms with Gasteiger partial charge in [0.15, 0.2) is 0 Å². The summed E-state index contributed by atoms with van der Waals surface area (Å²) in [5, 5.41) is 16.8. The van der Waals surface area contributed by atoms with Gasteiger partial charge in [0.05, 0.1) is 10.6 Å². The van der Waals surface area contributed by atoms with Gasteiger partial charge in [-0.1, -0.05) is 18.7 Å². The second kappa shape index (κ2) is 9.12. The summed E-state index contributed by atoms with van der Waals surface area (Å²) in [6.07, 6.45) is 4.64. The van der Waals surface area contributed by atoms with E-state index in [-0.39, 0.29) is 5.25 Å². The van der Waals surface area contributed by atoms with Crippen LogP contribution in [-0.4, -0.2) is 36.4 Å². The van der Waals surface area contributed by atoms with Gasteiger partial charge in [0.25, 0.3) is 0 Å². The van der Waals surface area contributed by atoms with Crippen LogP contribution in [0.15, 0.2) is 58.4 Å². The van der Waals surface area contributed by atoms with E-state index in [9.17, 15) is 5.11 Å². The van der Waals surface area contributed by atoms with Gasteiger partial charge in [-0.3, -0.25) is 0 Å². The standard InChI is InChI=1S/C18H19BrN6OS/c1-11(26)12(2)27-16-15(19)10-22-18(25-16)24-14-6-4-13(5-7-14)23-17-20-8-3-9-21-17/h3-12,26H,1-2H3,(H,20,21,23)(H,22,24,25)/t11-,12-/m1/s1. The van der Waals surface area contributed by atoms with Crippen molar-refractivity contribution in [2.24, 2.45) is 0 Å². The van der Waals surface area contributed by atoms with Crippen LogP contribution in [0.3, 0.4) is 0 Å². The molecule has 0 aliphatic rings. The number of nitrogens with one attached hydrogen (secondary N) is 2. The highest BCUT2D eigenvalue weighted by Crippen LogP contribution is 2.31. The Balaban J connectivity index is 1.68. The van der Waals surface area contributed by atoms with Crippen LogP contribution in [0.25, 0.3) is 0 Å². The van der Waals surface area contributed by atoms with Crippen molar-refractivity contribution in [1.29, 1.82) is 0 Å². The first-order valence-electron chi connectivity index (χ1n) is 8.29. The molecule has 9 heteroatoms. The number of benzene rings is 1. The Kier molecular flexibility index (Phi) is 6.59. The van der Waals surface area contributed by atoms with E-state index >= 15 is 0 Å². The molecule has 0 spiro atoms. The quantitative estimate of drug-likeness (QED) is 0.363. The molecule has 2 heterocycles. The molecule has 0 bridgehead atoms. The lowest BCUT2D eigenvalue weighted by Crippen LogP contribution is -2.15. The van der Waals surface area contributed by atoms with E-state index in [1.54, 1.807) is 31.6 Å². The first-order chi connectivity index (χ1) is 13.0. The number of aliphatic hydroxyl groups excluding tert-OH is 1. The predicted octanol–water partition coefficient (Wildman–Crippen LogP) is 4.38. The Hall–Kier alpha value is -2.23. The van der Waals surface area contributed by atoms with Crippen molar-refractivity contribution < 1.29 is 5.11 Å². The smallest absolute Gasteiger partial charge is 0.228 e. The van der Waals surface area contributed by atoms with Gasteiger partial charge in [0, 0.05) is 35.2 Å². The van der Waals surface area contributed by atoms with Crippen LogP contribution in [0.2, 0.25) is 0 Å². The van der Waals surface area contributed by atoms with E-state index in [0.29, 0.717) is 11.9 Å². The monoisotopic (exact) mass is 446 g/mol. The Morgan fingerprint density at radius 3 is 2.15 bits per heavy atom. The fourth-order valence-corrected chi connectivity index (χ4v) is 3.35. The number of anilines is 4. The van der Waals surface area contributed by atoms with Gasteiger partial charge in [0.2, 0.25) is 11.9 Å². The normalized spacial score (nSPS) is 13.0. The summed E-state index contributed by atoms with van der Waals surface area (Å²) >= 11 is 4.95. The third-order valence-electron chi connectivity index (χ3n) is 3.65. The van der Waals surface area contributed by atoms with Crippen LogP contribution in [-0.2, 0) is 0 Å². The fraction of sp³-hybridized carbons (Fsp3) is 0.222. The van der Waals surface area contributed by atoms with Gasteiger partial charge >= 0.3 is 0 Å². The molecule has 0 aliphatic heterocycles. The second-order valence-electron chi connectivity index (χ2n) is 5.81. The lowest BCUT2D eigenvalue weighted by atomic mass is 10.3. The van der Waals surface area contributed by atoms with Crippen molar-refractivity contribution in [3.8, 4) is 0 Å². The molecular formula is C18H19BrN6OS. The van der Waals surface area contributed by atoms with E-state index in [2.05, 4.69) is 46.5 Å². The molecule has 0 radical (unpaired) electrons. The zero-order valence-corrected chi connectivity index (χ0v) is 17.2. The van der Waals surface area contributed by atoms with Crippen LogP contribution in [0.1, 0.15) is 13.8 Å².